The molecule has 82 valence electrons. The van der Waals surface area contributed by atoms with Gasteiger partial charge in [0.2, 0.25) is 0 Å². The predicted molar refractivity (Wildman–Crippen MR) is 53.2 cm³/mol. The van der Waals surface area contributed by atoms with Crippen molar-refractivity contribution in [3.8, 4) is 5.75 Å². The lowest BCUT2D eigenvalue weighted by molar-refractivity contribution is -0.0834. The van der Waals surface area contributed by atoms with E-state index < -0.39 is 11.8 Å². The van der Waals surface area contributed by atoms with Crippen LogP contribution in [0.1, 0.15) is 5.56 Å². The fourth-order valence-corrected chi connectivity index (χ4v) is 1.59. The molecule has 0 unspecified atom stereocenters. The monoisotopic (exact) mass is 213 g/mol. The summed E-state index contributed by atoms with van der Waals surface area (Å²) in [5.41, 5.74) is 0.0646. The molecule has 1 heterocycles. The first-order chi connectivity index (χ1) is 7.14. The molecule has 1 aromatic carbocycles. The highest BCUT2D eigenvalue weighted by atomic mass is 19.3. The van der Waals surface area contributed by atoms with E-state index in [1.165, 1.54) is 19.2 Å². The number of nitrogens with one attached hydrogen (secondary N) is 1. The Morgan fingerprint density at radius 1 is 1.27 bits per heavy atom. The smallest absolute Gasteiger partial charge is 0.278 e. The van der Waals surface area contributed by atoms with Gasteiger partial charge in [0.1, 0.15) is 5.75 Å². The second kappa shape index (κ2) is 3.77. The third-order valence-electron chi connectivity index (χ3n) is 2.77. The van der Waals surface area contributed by atoms with Gasteiger partial charge in [-0.15, -0.1) is 0 Å². The van der Waals surface area contributed by atoms with Gasteiger partial charge in [-0.05, 0) is 24.3 Å². The van der Waals surface area contributed by atoms with Gasteiger partial charge in [-0.3, -0.25) is 0 Å². The molecule has 1 aromatic rings. The molecule has 2 nitrogen and oxygen atoms in total. The van der Waals surface area contributed by atoms with Crippen molar-refractivity contribution in [1.29, 1.82) is 0 Å². The van der Waals surface area contributed by atoms with Gasteiger partial charge in [-0.1, -0.05) is 0 Å². The molecule has 1 aliphatic rings. The molecule has 0 aromatic heterocycles. The number of alkyl halides is 2. The minimum Gasteiger partial charge on any atom is -0.497 e. The maximum absolute atomic E-state index is 13.8. The quantitative estimate of drug-likeness (QED) is 0.829. The van der Waals surface area contributed by atoms with Gasteiger partial charge in [-0.2, -0.15) is 0 Å². The topological polar surface area (TPSA) is 21.3 Å². The number of rotatable bonds is 3. The Labute approximate surface area is 87.2 Å². The molecule has 15 heavy (non-hydrogen) atoms. The molecule has 0 bridgehead atoms. The van der Waals surface area contributed by atoms with Crippen molar-refractivity contribution in [2.75, 3.05) is 20.2 Å². The van der Waals surface area contributed by atoms with E-state index in [-0.39, 0.29) is 5.56 Å². The van der Waals surface area contributed by atoms with Crippen molar-refractivity contribution in [2.24, 2.45) is 5.92 Å². The molecule has 0 spiro atoms. The second-order valence-corrected chi connectivity index (χ2v) is 3.71. The number of ether oxygens (including phenoxy) is 1. The zero-order valence-electron chi connectivity index (χ0n) is 8.47. The van der Waals surface area contributed by atoms with Crippen LogP contribution in [0.15, 0.2) is 24.3 Å². The highest BCUT2D eigenvalue weighted by Gasteiger charge is 2.44. The van der Waals surface area contributed by atoms with Crippen molar-refractivity contribution >= 4 is 0 Å². The molecule has 4 heteroatoms. The average Bonchev–Trinajstić information content (AvgIpc) is 2.14. The summed E-state index contributed by atoms with van der Waals surface area (Å²) in [7, 11) is 1.52. The Morgan fingerprint density at radius 3 is 2.27 bits per heavy atom. The first-order valence-electron chi connectivity index (χ1n) is 4.87. The van der Waals surface area contributed by atoms with Gasteiger partial charge in [-0.25, -0.2) is 8.78 Å². The summed E-state index contributed by atoms with van der Waals surface area (Å²) in [5, 5.41) is 2.85. The van der Waals surface area contributed by atoms with Crippen molar-refractivity contribution < 1.29 is 13.5 Å². The van der Waals surface area contributed by atoms with Gasteiger partial charge in [0, 0.05) is 18.7 Å². The molecule has 0 radical (unpaired) electrons. The van der Waals surface area contributed by atoms with E-state index in [0.717, 1.165) is 0 Å². The molecule has 1 saturated heterocycles. The van der Waals surface area contributed by atoms with Crippen LogP contribution >= 0.6 is 0 Å². The highest BCUT2D eigenvalue weighted by molar-refractivity contribution is 5.30. The Morgan fingerprint density at radius 2 is 1.87 bits per heavy atom. The molecular formula is C11H13F2NO. The molecule has 1 aliphatic heterocycles. The van der Waals surface area contributed by atoms with Crippen LogP contribution in [-0.2, 0) is 5.92 Å². The maximum atomic E-state index is 13.8. The van der Waals surface area contributed by atoms with E-state index in [9.17, 15) is 8.78 Å². The Kier molecular flexibility index (Phi) is 2.61. The van der Waals surface area contributed by atoms with Gasteiger partial charge in [0.15, 0.2) is 0 Å². The van der Waals surface area contributed by atoms with Crippen molar-refractivity contribution in [2.45, 2.75) is 5.92 Å². The zero-order chi connectivity index (χ0) is 10.9. The van der Waals surface area contributed by atoms with Gasteiger partial charge in [0.05, 0.1) is 13.0 Å². The molecule has 0 atom stereocenters. The number of hydrogen-bond donors (Lipinski definition) is 1. The lowest BCUT2D eigenvalue weighted by Gasteiger charge is -2.34. The van der Waals surface area contributed by atoms with Crippen LogP contribution in [0.3, 0.4) is 0 Å². The van der Waals surface area contributed by atoms with Crippen LogP contribution in [0.25, 0.3) is 0 Å². The predicted octanol–water partition coefficient (Wildman–Crippen LogP) is 2.01. The minimum absolute atomic E-state index is 0.0646. The summed E-state index contributed by atoms with van der Waals surface area (Å²) in [5.74, 6) is -2.72. The minimum atomic E-state index is -2.74. The van der Waals surface area contributed by atoms with Crippen LogP contribution in [0, 0.1) is 5.92 Å². The molecule has 0 saturated carbocycles. The third kappa shape index (κ3) is 1.81. The summed E-state index contributed by atoms with van der Waals surface area (Å²) in [4.78, 5) is 0. The van der Waals surface area contributed by atoms with Gasteiger partial charge < -0.3 is 10.1 Å². The Bertz CT molecular complexity index is 333. The molecule has 0 amide bonds. The van der Waals surface area contributed by atoms with E-state index in [0.29, 0.717) is 18.8 Å². The van der Waals surface area contributed by atoms with E-state index in [2.05, 4.69) is 5.32 Å². The SMILES string of the molecule is COc1ccc(C(F)(F)C2CNC2)cc1. The van der Waals surface area contributed by atoms with E-state index in [1.54, 1.807) is 12.1 Å². The van der Waals surface area contributed by atoms with Gasteiger partial charge in [0.25, 0.3) is 5.92 Å². The molecule has 2 rings (SSSR count). The van der Waals surface area contributed by atoms with Crippen LogP contribution in [0.2, 0.25) is 0 Å². The van der Waals surface area contributed by atoms with Crippen LogP contribution in [-0.4, -0.2) is 20.2 Å². The standard InChI is InChI=1S/C11H13F2NO/c1-15-10-4-2-8(3-5-10)11(12,13)9-6-14-7-9/h2-5,9,14H,6-7H2,1H3. The van der Waals surface area contributed by atoms with Crippen molar-refractivity contribution in [3.63, 3.8) is 0 Å². The lowest BCUT2D eigenvalue weighted by atomic mass is 9.90. The van der Waals surface area contributed by atoms with E-state index in [1.807, 2.05) is 0 Å². The number of benzene rings is 1. The summed E-state index contributed by atoms with van der Waals surface area (Å²) in [6.45, 7) is 0.776. The Balaban J connectivity index is 2.20. The lowest BCUT2D eigenvalue weighted by Crippen LogP contribution is -2.50. The highest BCUT2D eigenvalue weighted by Crippen LogP contribution is 2.38. The third-order valence-corrected chi connectivity index (χ3v) is 2.77. The molecule has 1 fully saturated rings. The van der Waals surface area contributed by atoms with Crippen LogP contribution in [0.4, 0.5) is 8.78 Å². The van der Waals surface area contributed by atoms with Crippen LogP contribution < -0.4 is 10.1 Å². The molecule has 1 N–H and O–H groups in total. The fourth-order valence-electron chi connectivity index (χ4n) is 1.59. The van der Waals surface area contributed by atoms with E-state index in [4.69, 9.17) is 4.74 Å². The first kappa shape index (κ1) is 10.4. The number of halogens is 2. The van der Waals surface area contributed by atoms with Crippen molar-refractivity contribution in [3.05, 3.63) is 29.8 Å². The van der Waals surface area contributed by atoms with Crippen LogP contribution in [0.5, 0.6) is 5.75 Å². The van der Waals surface area contributed by atoms with E-state index >= 15 is 0 Å². The molecular weight excluding hydrogens is 200 g/mol. The summed E-state index contributed by atoms with van der Waals surface area (Å²) in [6, 6.07) is 5.99. The maximum Gasteiger partial charge on any atom is 0.278 e. The summed E-state index contributed by atoms with van der Waals surface area (Å²) in [6.07, 6.45) is 0. The summed E-state index contributed by atoms with van der Waals surface area (Å²) < 4.78 is 32.4. The fraction of sp³-hybridized carbons (Fsp3) is 0.455. The molecule has 0 aliphatic carbocycles. The number of methoxy groups -OCH3 is 1. The van der Waals surface area contributed by atoms with Crippen molar-refractivity contribution in [1.82, 2.24) is 5.32 Å². The first-order valence-corrected chi connectivity index (χ1v) is 4.87. The normalized spacial score (nSPS) is 17.3. The number of hydrogen-bond acceptors (Lipinski definition) is 2. The summed E-state index contributed by atoms with van der Waals surface area (Å²) >= 11 is 0. The zero-order valence-corrected chi connectivity index (χ0v) is 8.47. The van der Waals surface area contributed by atoms with Gasteiger partial charge >= 0.3 is 0 Å². The second-order valence-electron chi connectivity index (χ2n) is 3.71. The Hall–Kier alpha value is -1.16. The average molecular weight is 213 g/mol. The largest absolute Gasteiger partial charge is 0.497 e.